The van der Waals surface area contributed by atoms with Crippen molar-refractivity contribution in [2.75, 3.05) is 5.32 Å². The third-order valence-corrected chi connectivity index (χ3v) is 5.07. The Bertz CT molecular complexity index is 1060. The molecule has 0 saturated heterocycles. The van der Waals surface area contributed by atoms with Gasteiger partial charge in [0.25, 0.3) is 0 Å². The van der Waals surface area contributed by atoms with Crippen LogP contribution >= 0.6 is 11.3 Å². The lowest BCUT2D eigenvalue weighted by Crippen LogP contribution is -2.19. The summed E-state index contributed by atoms with van der Waals surface area (Å²) in [7, 11) is 0. The molecule has 0 bridgehead atoms. The van der Waals surface area contributed by atoms with Gasteiger partial charge < -0.3 is 9.88 Å². The highest BCUT2D eigenvalue weighted by Crippen LogP contribution is 2.28. The molecule has 0 aliphatic rings. The van der Waals surface area contributed by atoms with Crippen LogP contribution < -0.4 is 5.32 Å². The molecule has 2 aromatic heterocycles. The number of thiophene rings is 1. The van der Waals surface area contributed by atoms with Crippen LogP contribution in [0.3, 0.4) is 0 Å². The Balaban J connectivity index is 1.68. The normalized spacial score (nSPS) is 11.0. The van der Waals surface area contributed by atoms with Gasteiger partial charge in [-0.25, -0.2) is 4.98 Å². The summed E-state index contributed by atoms with van der Waals surface area (Å²) in [5.41, 5.74) is 4.96. The number of aryl methyl sites for hydroxylation is 2. The number of anilines is 1. The molecule has 0 aliphatic heterocycles. The fraction of sp³-hybridized carbons (Fsp3) is 0.143. The van der Waals surface area contributed by atoms with Crippen LogP contribution in [0.2, 0.25) is 0 Å². The summed E-state index contributed by atoms with van der Waals surface area (Å²) in [6, 6.07) is 18.0. The summed E-state index contributed by atoms with van der Waals surface area (Å²) >= 11 is 1.63. The number of hydrogen-bond donors (Lipinski definition) is 1. The van der Waals surface area contributed by atoms with Crippen LogP contribution in [0.4, 0.5) is 5.69 Å². The predicted octanol–water partition coefficient (Wildman–Crippen LogP) is 5.02. The lowest BCUT2D eigenvalue weighted by atomic mass is 10.1. The molecule has 4 nitrogen and oxygen atoms in total. The smallest absolute Gasteiger partial charge is 0.244 e. The highest BCUT2D eigenvalue weighted by molar-refractivity contribution is 7.13. The number of fused-ring (bicyclic) bond motifs is 1. The number of imidazole rings is 1. The van der Waals surface area contributed by atoms with Crippen LogP contribution in [-0.2, 0) is 11.3 Å². The summed E-state index contributed by atoms with van der Waals surface area (Å²) < 4.78 is 1.99. The zero-order valence-electron chi connectivity index (χ0n) is 14.7. The van der Waals surface area contributed by atoms with Crippen molar-refractivity contribution in [3.8, 4) is 10.7 Å². The van der Waals surface area contributed by atoms with E-state index < -0.39 is 0 Å². The fourth-order valence-electron chi connectivity index (χ4n) is 3.22. The van der Waals surface area contributed by atoms with E-state index in [-0.39, 0.29) is 12.5 Å². The summed E-state index contributed by atoms with van der Waals surface area (Å²) in [6.45, 7) is 4.28. The van der Waals surface area contributed by atoms with Crippen molar-refractivity contribution in [3.63, 3.8) is 0 Å². The number of nitrogens with one attached hydrogen (secondary N) is 1. The Kier molecular flexibility index (Phi) is 4.31. The van der Waals surface area contributed by atoms with Crippen LogP contribution in [-0.4, -0.2) is 15.5 Å². The molecule has 0 radical (unpaired) electrons. The second kappa shape index (κ2) is 6.77. The Morgan fingerprint density at radius 1 is 1.08 bits per heavy atom. The molecule has 0 atom stereocenters. The first-order valence-corrected chi connectivity index (χ1v) is 9.35. The van der Waals surface area contributed by atoms with Gasteiger partial charge >= 0.3 is 0 Å². The fourth-order valence-corrected chi connectivity index (χ4v) is 3.94. The average molecular weight is 361 g/mol. The summed E-state index contributed by atoms with van der Waals surface area (Å²) in [5, 5.41) is 5.04. The molecule has 5 heteroatoms. The van der Waals surface area contributed by atoms with Crippen molar-refractivity contribution in [2.24, 2.45) is 0 Å². The maximum atomic E-state index is 12.7. The molecular formula is C21H19N3OS. The number of para-hydroxylation sites is 2. The highest BCUT2D eigenvalue weighted by atomic mass is 32.1. The number of rotatable bonds is 4. The average Bonchev–Trinajstić information content (AvgIpc) is 3.22. The van der Waals surface area contributed by atoms with Crippen LogP contribution in [0, 0.1) is 13.8 Å². The van der Waals surface area contributed by atoms with E-state index in [9.17, 15) is 4.79 Å². The van der Waals surface area contributed by atoms with Crippen molar-refractivity contribution >= 4 is 34.0 Å². The quantitative estimate of drug-likeness (QED) is 0.555. The van der Waals surface area contributed by atoms with E-state index in [4.69, 9.17) is 4.98 Å². The maximum absolute atomic E-state index is 12.7. The Labute approximate surface area is 156 Å². The van der Waals surface area contributed by atoms with E-state index in [1.165, 1.54) is 0 Å². The molecule has 1 amide bonds. The van der Waals surface area contributed by atoms with E-state index in [0.29, 0.717) is 0 Å². The molecule has 0 saturated carbocycles. The van der Waals surface area contributed by atoms with Crippen LogP contribution in [0.1, 0.15) is 11.1 Å². The number of carbonyl (C=O) groups is 1. The monoisotopic (exact) mass is 361 g/mol. The number of aromatic nitrogens is 2. The molecule has 1 N–H and O–H groups in total. The molecule has 26 heavy (non-hydrogen) atoms. The van der Waals surface area contributed by atoms with Crippen molar-refractivity contribution in [3.05, 3.63) is 71.1 Å². The van der Waals surface area contributed by atoms with Gasteiger partial charge in [0.15, 0.2) is 5.82 Å². The van der Waals surface area contributed by atoms with Crippen molar-refractivity contribution in [1.82, 2.24) is 9.55 Å². The van der Waals surface area contributed by atoms with E-state index >= 15 is 0 Å². The molecule has 0 unspecified atom stereocenters. The van der Waals surface area contributed by atoms with Gasteiger partial charge in [-0.3, -0.25) is 4.79 Å². The minimum atomic E-state index is -0.0593. The van der Waals surface area contributed by atoms with Gasteiger partial charge in [0, 0.05) is 5.69 Å². The molecule has 0 spiro atoms. The molecule has 0 fully saturated rings. The van der Waals surface area contributed by atoms with Gasteiger partial charge in [0.2, 0.25) is 5.91 Å². The first kappa shape index (κ1) is 16.5. The van der Waals surface area contributed by atoms with Crippen LogP contribution in [0.15, 0.2) is 60.0 Å². The maximum Gasteiger partial charge on any atom is 0.244 e. The van der Waals surface area contributed by atoms with Gasteiger partial charge in [-0.2, -0.15) is 0 Å². The van der Waals surface area contributed by atoms with Gasteiger partial charge in [0.1, 0.15) is 6.54 Å². The van der Waals surface area contributed by atoms with Gasteiger partial charge in [0.05, 0.1) is 15.9 Å². The first-order valence-electron chi connectivity index (χ1n) is 8.47. The number of carbonyl (C=O) groups excluding carboxylic acids is 1. The minimum Gasteiger partial charge on any atom is -0.325 e. The highest BCUT2D eigenvalue weighted by Gasteiger charge is 2.16. The second-order valence-corrected chi connectivity index (χ2v) is 7.36. The number of benzene rings is 2. The molecule has 4 aromatic rings. The van der Waals surface area contributed by atoms with Crippen LogP contribution in [0.25, 0.3) is 21.7 Å². The molecular weight excluding hydrogens is 342 g/mol. The van der Waals surface area contributed by atoms with E-state index in [2.05, 4.69) is 11.4 Å². The second-order valence-electron chi connectivity index (χ2n) is 6.41. The summed E-state index contributed by atoms with van der Waals surface area (Å²) in [4.78, 5) is 18.5. The zero-order chi connectivity index (χ0) is 18.1. The minimum absolute atomic E-state index is 0.0593. The molecule has 2 aromatic carbocycles. The van der Waals surface area contributed by atoms with Crippen molar-refractivity contribution in [2.45, 2.75) is 20.4 Å². The number of nitrogens with zero attached hydrogens (tertiary/aromatic N) is 2. The molecule has 4 rings (SSSR count). The van der Waals surface area contributed by atoms with Crippen LogP contribution in [0.5, 0.6) is 0 Å². The lowest BCUT2D eigenvalue weighted by Gasteiger charge is -2.10. The topological polar surface area (TPSA) is 46.9 Å². The van der Waals surface area contributed by atoms with Gasteiger partial charge in [-0.1, -0.05) is 24.3 Å². The van der Waals surface area contributed by atoms with Crippen molar-refractivity contribution in [1.29, 1.82) is 0 Å². The van der Waals surface area contributed by atoms with E-state index in [1.54, 1.807) is 11.3 Å². The molecule has 2 heterocycles. The SMILES string of the molecule is Cc1cc(C)cc(NC(=O)Cn2c(-c3cccs3)nc3ccccc32)c1. The van der Waals surface area contributed by atoms with Crippen molar-refractivity contribution < 1.29 is 4.79 Å². The Morgan fingerprint density at radius 2 is 1.85 bits per heavy atom. The summed E-state index contributed by atoms with van der Waals surface area (Å²) in [6.07, 6.45) is 0. The predicted molar refractivity (Wildman–Crippen MR) is 108 cm³/mol. The standard InChI is InChI=1S/C21H19N3OS/c1-14-10-15(2)12-16(11-14)22-20(25)13-24-18-7-4-3-6-17(18)23-21(24)19-8-5-9-26-19/h3-12H,13H2,1-2H3,(H,22,25). The molecule has 130 valence electrons. The largest absolute Gasteiger partial charge is 0.325 e. The third-order valence-electron chi connectivity index (χ3n) is 4.20. The van der Waals surface area contributed by atoms with Gasteiger partial charge in [-0.05, 0) is 60.7 Å². The third kappa shape index (κ3) is 3.26. The number of amides is 1. The van der Waals surface area contributed by atoms with E-state index in [0.717, 1.165) is 38.5 Å². The van der Waals surface area contributed by atoms with E-state index in [1.807, 2.05) is 72.3 Å². The molecule has 0 aliphatic carbocycles. The first-order chi connectivity index (χ1) is 12.6. The Morgan fingerprint density at radius 3 is 2.58 bits per heavy atom. The Hall–Kier alpha value is -2.92. The number of hydrogen-bond acceptors (Lipinski definition) is 3. The van der Waals surface area contributed by atoms with Gasteiger partial charge in [-0.15, -0.1) is 11.3 Å². The lowest BCUT2D eigenvalue weighted by molar-refractivity contribution is -0.116. The summed E-state index contributed by atoms with van der Waals surface area (Å²) in [5.74, 6) is 0.771. The zero-order valence-corrected chi connectivity index (χ0v) is 15.5.